The number of hydrogen-bond donors (Lipinski definition) is 1. The molecule has 0 aliphatic heterocycles. The SMILES string of the molecule is O=C(Nc1cc(Cl)ccc1Oc1ccccc1)c1cnn(-c2ccc(Cl)cc2)c1. The fourth-order valence-electron chi connectivity index (χ4n) is 2.67. The standard InChI is InChI=1S/C22H15Cl2N3O2/c23-16-6-9-18(10-7-16)27-14-15(13-25-27)22(28)26-20-12-17(24)8-11-21(20)29-19-4-2-1-3-5-19/h1-14H,(H,26,28). The van der Waals surface area contributed by atoms with E-state index in [4.69, 9.17) is 27.9 Å². The van der Waals surface area contributed by atoms with Crippen molar-refractivity contribution in [1.29, 1.82) is 0 Å². The predicted molar refractivity (Wildman–Crippen MR) is 114 cm³/mol. The van der Waals surface area contributed by atoms with Crippen LogP contribution in [0.2, 0.25) is 10.0 Å². The van der Waals surface area contributed by atoms with E-state index in [2.05, 4.69) is 10.4 Å². The number of anilines is 1. The van der Waals surface area contributed by atoms with E-state index >= 15 is 0 Å². The third kappa shape index (κ3) is 4.59. The van der Waals surface area contributed by atoms with Crippen molar-refractivity contribution in [3.05, 3.63) is 101 Å². The molecule has 1 aromatic heterocycles. The van der Waals surface area contributed by atoms with Crippen LogP contribution in [0.4, 0.5) is 5.69 Å². The van der Waals surface area contributed by atoms with Gasteiger partial charge in [0.05, 0.1) is 23.1 Å². The van der Waals surface area contributed by atoms with E-state index in [9.17, 15) is 4.79 Å². The fraction of sp³-hybridized carbons (Fsp3) is 0. The molecule has 4 rings (SSSR count). The Labute approximate surface area is 177 Å². The molecule has 0 spiro atoms. The summed E-state index contributed by atoms with van der Waals surface area (Å²) in [6, 6.07) is 21.5. The first-order valence-electron chi connectivity index (χ1n) is 8.73. The van der Waals surface area contributed by atoms with Crippen LogP contribution in [0.5, 0.6) is 11.5 Å². The van der Waals surface area contributed by atoms with E-state index in [1.165, 1.54) is 6.20 Å². The molecule has 1 heterocycles. The van der Waals surface area contributed by atoms with Gasteiger partial charge >= 0.3 is 0 Å². The lowest BCUT2D eigenvalue weighted by Gasteiger charge is -2.12. The van der Waals surface area contributed by atoms with E-state index in [0.717, 1.165) is 5.69 Å². The topological polar surface area (TPSA) is 56.1 Å². The zero-order valence-corrected chi connectivity index (χ0v) is 16.6. The van der Waals surface area contributed by atoms with Gasteiger partial charge in [0.1, 0.15) is 5.75 Å². The molecule has 3 aromatic carbocycles. The van der Waals surface area contributed by atoms with E-state index in [0.29, 0.717) is 32.8 Å². The predicted octanol–water partition coefficient (Wildman–Crippen LogP) is 6.22. The molecule has 29 heavy (non-hydrogen) atoms. The lowest BCUT2D eigenvalue weighted by atomic mass is 10.2. The van der Waals surface area contributed by atoms with Crippen molar-refractivity contribution in [2.24, 2.45) is 0 Å². The molecule has 1 N–H and O–H groups in total. The molecule has 5 nitrogen and oxygen atoms in total. The van der Waals surface area contributed by atoms with Gasteiger partial charge in [0.25, 0.3) is 5.91 Å². The molecule has 0 aliphatic carbocycles. The maximum Gasteiger partial charge on any atom is 0.258 e. The number of carbonyl (C=O) groups excluding carboxylic acids is 1. The maximum atomic E-state index is 12.7. The Hall–Kier alpha value is -3.28. The summed E-state index contributed by atoms with van der Waals surface area (Å²) in [5, 5.41) is 8.20. The molecule has 7 heteroatoms. The highest BCUT2D eigenvalue weighted by Crippen LogP contribution is 2.32. The third-order valence-corrected chi connectivity index (χ3v) is 4.58. The Morgan fingerprint density at radius 2 is 1.66 bits per heavy atom. The van der Waals surface area contributed by atoms with Crippen molar-refractivity contribution in [2.75, 3.05) is 5.32 Å². The quantitative estimate of drug-likeness (QED) is 0.414. The molecule has 4 aromatic rings. The second kappa shape index (κ2) is 8.39. The highest BCUT2D eigenvalue weighted by Gasteiger charge is 2.14. The summed E-state index contributed by atoms with van der Waals surface area (Å²) in [6.07, 6.45) is 3.13. The summed E-state index contributed by atoms with van der Waals surface area (Å²) in [6.45, 7) is 0. The van der Waals surface area contributed by atoms with Crippen LogP contribution in [-0.2, 0) is 0 Å². The molecule has 1 amide bonds. The highest BCUT2D eigenvalue weighted by molar-refractivity contribution is 6.31. The number of para-hydroxylation sites is 1. The van der Waals surface area contributed by atoms with Gasteiger partial charge < -0.3 is 10.1 Å². The second-order valence-corrected chi connectivity index (χ2v) is 7.03. The van der Waals surface area contributed by atoms with Gasteiger partial charge in [-0.05, 0) is 54.6 Å². The average molecular weight is 424 g/mol. The molecule has 0 aliphatic rings. The number of nitrogens with one attached hydrogen (secondary N) is 1. The first kappa shape index (κ1) is 19.1. The minimum Gasteiger partial charge on any atom is -0.455 e. The maximum absolute atomic E-state index is 12.7. The van der Waals surface area contributed by atoms with Crippen molar-refractivity contribution in [2.45, 2.75) is 0 Å². The molecule has 0 unspecified atom stereocenters. The molecule has 0 atom stereocenters. The average Bonchev–Trinajstić information content (AvgIpc) is 3.22. The zero-order valence-electron chi connectivity index (χ0n) is 15.0. The summed E-state index contributed by atoms with van der Waals surface area (Å²) in [5.74, 6) is 0.810. The number of benzene rings is 3. The number of carbonyl (C=O) groups is 1. The minimum absolute atomic E-state index is 0.328. The number of aromatic nitrogens is 2. The Bertz CT molecular complexity index is 1140. The Morgan fingerprint density at radius 3 is 2.41 bits per heavy atom. The van der Waals surface area contributed by atoms with Crippen LogP contribution in [0.1, 0.15) is 10.4 Å². The van der Waals surface area contributed by atoms with Crippen LogP contribution < -0.4 is 10.1 Å². The fourth-order valence-corrected chi connectivity index (χ4v) is 2.97. The smallest absolute Gasteiger partial charge is 0.258 e. The molecule has 0 radical (unpaired) electrons. The minimum atomic E-state index is -0.328. The highest BCUT2D eigenvalue weighted by atomic mass is 35.5. The van der Waals surface area contributed by atoms with Crippen LogP contribution in [-0.4, -0.2) is 15.7 Å². The number of hydrogen-bond acceptors (Lipinski definition) is 3. The largest absolute Gasteiger partial charge is 0.455 e. The molecule has 0 saturated carbocycles. The number of ether oxygens (including phenoxy) is 1. The van der Waals surface area contributed by atoms with Crippen LogP contribution in [0.15, 0.2) is 85.2 Å². The Balaban J connectivity index is 1.55. The van der Waals surface area contributed by atoms with Crippen molar-refractivity contribution >= 4 is 34.8 Å². The van der Waals surface area contributed by atoms with Crippen molar-refractivity contribution in [1.82, 2.24) is 9.78 Å². The lowest BCUT2D eigenvalue weighted by Crippen LogP contribution is -2.12. The third-order valence-electron chi connectivity index (χ3n) is 4.10. The zero-order chi connectivity index (χ0) is 20.2. The van der Waals surface area contributed by atoms with Gasteiger partial charge in [-0.15, -0.1) is 0 Å². The summed E-state index contributed by atoms with van der Waals surface area (Å²) in [7, 11) is 0. The lowest BCUT2D eigenvalue weighted by molar-refractivity contribution is 0.102. The summed E-state index contributed by atoms with van der Waals surface area (Å²) < 4.78 is 7.48. The molecular weight excluding hydrogens is 409 g/mol. The van der Waals surface area contributed by atoms with Crippen LogP contribution in [0.3, 0.4) is 0 Å². The molecule has 144 valence electrons. The Morgan fingerprint density at radius 1 is 0.931 bits per heavy atom. The van der Waals surface area contributed by atoms with Gasteiger partial charge in [-0.1, -0.05) is 41.4 Å². The van der Waals surface area contributed by atoms with Crippen molar-refractivity contribution in [3.8, 4) is 17.2 Å². The first-order chi connectivity index (χ1) is 14.1. The van der Waals surface area contributed by atoms with Crippen LogP contribution in [0, 0.1) is 0 Å². The normalized spacial score (nSPS) is 10.6. The monoisotopic (exact) mass is 423 g/mol. The van der Waals surface area contributed by atoms with Crippen molar-refractivity contribution < 1.29 is 9.53 Å². The van der Waals surface area contributed by atoms with Gasteiger partial charge in [-0.25, -0.2) is 4.68 Å². The number of amides is 1. The van der Waals surface area contributed by atoms with Gasteiger partial charge in [0, 0.05) is 16.2 Å². The van der Waals surface area contributed by atoms with E-state index < -0.39 is 0 Å². The van der Waals surface area contributed by atoms with Crippen LogP contribution >= 0.6 is 23.2 Å². The summed E-state index contributed by atoms with van der Waals surface area (Å²) >= 11 is 12.0. The van der Waals surface area contributed by atoms with Crippen LogP contribution in [0.25, 0.3) is 5.69 Å². The molecule has 0 fully saturated rings. The molecule has 0 bridgehead atoms. The number of halogens is 2. The number of nitrogens with zero attached hydrogens (tertiary/aromatic N) is 2. The van der Waals surface area contributed by atoms with E-state index in [-0.39, 0.29) is 5.91 Å². The van der Waals surface area contributed by atoms with Gasteiger partial charge in [0.15, 0.2) is 5.75 Å². The van der Waals surface area contributed by atoms with E-state index in [1.807, 2.05) is 42.5 Å². The second-order valence-electron chi connectivity index (χ2n) is 6.16. The van der Waals surface area contributed by atoms with Crippen molar-refractivity contribution in [3.63, 3.8) is 0 Å². The van der Waals surface area contributed by atoms with Gasteiger partial charge in [-0.2, -0.15) is 5.10 Å². The summed E-state index contributed by atoms with van der Waals surface area (Å²) in [4.78, 5) is 12.7. The Kier molecular flexibility index (Phi) is 5.51. The molecular formula is C22H15Cl2N3O2. The van der Waals surface area contributed by atoms with Gasteiger partial charge in [0.2, 0.25) is 0 Å². The first-order valence-corrected chi connectivity index (χ1v) is 9.48. The molecule has 0 saturated heterocycles. The number of rotatable bonds is 5. The van der Waals surface area contributed by atoms with E-state index in [1.54, 1.807) is 41.2 Å². The van der Waals surface area contributed by atoms with Gasteiger partial charge in [-0.3, -0.25) is 4.79 Å². The summed E-state index contributed by atoms with van der Waals surface area (Å²) in [5.41, 5.74) is 1.65.